The molecule has 2 aromatic rings. The highest BCUT2D eigenvalue weighted by Crippen LogP contribution is 2.28. The minimum atomic E-state index is -0.0761. The number of aromatic nitrogens is 1. The van der Waals surface area contributed by atoms with Crippen molar-refractivity contribution >= 4 is 11.6 Å². The number of nitrogens with zero attached hydrogens (tertiary/aromatic N) is 3. The number of ether oxygens (including phenoxy) is 1. The number of aryl methyl sites for hydroxylation is 2. The molecule has 29 heavy (non-hydrogen) atoms. The number of piperazine rings is 1. The topological polar surface area (TPSA) is 54.8 Å². The van der Waals surface area contributed by atoms with Gasteiger partial charge in [-0.25, -0.2) is 0 Å². The van der Waals surface area contributed by atoms with Crippen molar-refractivity contribution in [1.82, 2.24) is 9.47 Å². The summed E-state index contributed by atoms with van der Waals surface area (Å²) in [6.07, 6.45) is 2.71. The first kappa shape index (κ1) is 19.6. The van der Waals surface area contributed by atoms with Gasteiger partial charge in [0.25, 0.3) is 11.5 Å². The molecule has 0 spiro atoms. The molecule has 2 aliphatic rings. The number of benzene rings is 1. The van der Waals surface area contributed by atoms with Crippen molar-refractivity contribution < 1.29 is 9.53 Å². The largest absolute Gasteiger partial charge is 0.496 e. The third kappa shape index (κ3) is 3.63. The lowest BCUT2D eigenvalue weighted by Crippen LogP contribution is -2.49. The van der Waals surface area contributed by atoms with Gasteiger partial charge in [0.2, 0.25) is 0 Å². The molecule has 6 heteroatoms. The average molecular weight is 396 g/mol. The van der Waals surface area contributed by atoms with Crippen LogP contribution in [0.5, 0.6) is 5.75 Å². The number of hydrogen-bond acceptors (Lipinski definition) is 4. The van der Waals surface area contributed by atoms with E-state index >= 15 is 0 Å². The van der Waals surface area contributed by atoms with Crippen molar-refractivity contribution in [1.29, 1.82) is 0 Å². The molecule has 1 aromatic heterocycles. The summed E-state index contributed by atoms with van der Waals surface area (Å²) in [5.41, 5.74) is 5.09. The molecule has 1 amide bonds. The fourth-order valence-electron chi connectivity index (χ4n) is 4.50. The monoisotopic (exact) mass is 395 g/mol. The fourth-order valence-corrected chi connectivity index (χ4v) is 4.50. The molecule has 0 unspecified atom stereocenters. The van der Waals surface area contributed by atoms with Gasteiger partial charge in [-0.2, -0.15) is 0 Å². The molecule has 0 aliphatic carbocycles. The molecule has 2 aliphatic heterocycles. The Morgan fingerprint density at radius 1 is 1.00 bits per heavy atom. The summed E-state index contributed by atoms with van der Waals surface area (Å²) in [6.45, 7) is 7.84. The number of carbonyl (C=O) groups is 1. The van der Waals surface area contributed by atoms with E-state index in [9.17, 15) is 9.59 Å². The summed E-state index contributed by atoms with van der Waals surface area (Å²) >= 11 is 0. The maximum atomic E-state index is 13.4. The number of carbonyl (C=O) groups excluding carboxylic acids is 1. The Labute approximate surface area is 171 Å². The Kier molecular flexibility index (Phi) is 5.35. The van der Waals surface area contributed by atoms with Crippen LogP contribution in [0, 0.1) is 13.8 Å². The normalized spacial score (nSPS) is 16.5. The van der Waals surface area contributed by atoms with Crippen LogP contribution in [0.4, 0.5) is 5.69 Å². The van der Waals surface area contributed by atoms with E-state index in [1.807, 2.05) is 4.90 Å². The number of fused-ring (bicyclic) bond motifs is 1. The Bertz CT molecular complexity index is 988. The molecule has 154 valence electrons. The number of methoxy groups -OCH3 is 1. The Hall–Kier alpha value is -2.76. The molecule has 0 bridgehead atoms. The van der Waals surface area contributed by atoms with Crippen LogP contribution >= 0.6 is 0 Å². The molecule has 1 aromatic carbocycles. The lowest BCUT2D eigenvalue weighted by molar-refractivity contribution is 0.0740. The highest BCUT2D eigenvalue weighted by molar-refractivity contribution is 5.98. The number of anilines is 1. The number of rotatable bonds is 3. The molecule has 0 radical (unpaired) electrons. The van der Waals surface area contributed by atoms with Gasteiger partial charge < -0.3 is 19.1 Å². The summed E-state index contributed by atoms with van der Waals surface area (Å²) < 4.78 is 7.21. The van der Waals surface area contributed by atoms with Crippen molar-refractivity contribution in [3.8, 4) is 5.75 Å². The molecule has 0 N–H and O–H groups in total. The van der Waals surface area contributed by atoms with E-state index in [2.05, 4.69) is 36.9 Å². The van der Waals surface area contributed by atoms with Gasteiger partial charge in [0, 0.05) is 50.2 Å². The minimum Gasteiger partial charge on any atom is -0.496 e. The quantitative estimate of drug-likeness (QED) is 0.802. The Morgan fingerprint density at radius 3 is 2.48 bits per heavy atom. The van der Waals surface area contributed by atoms with Gasteiger partial charge in [0.05, 0.1) is 7.11 Å². The first-order valence-corrected chi connectivity index (χ1v) is 10.4. The van der Waals surface area contributed by atoms with Crippen LogP contribution in [0.2, 0.25) is 0 Å². The standard InChI is InChI=1S/C23H29N3O3/c1-16-7-8-17(2)19(14-16)24-10-12-25(13-11-24)23(28)22-18-6-4-5-9-26(18)21(27)15-20(22)29-3/h7-8,14-15H,4-6,9-13H2,1-3H3. The van der Waals surface area contributed by atoms with E-state index in [4.69, 9.17) is 4.74 Å². The van der Waals surface area contributed by atoms with Crippen molar-refractivity contribution in [3.63, 3.8) is 0 Å². The van der Waals surface area contributed by atoms with Gasteiger partial charge in [0.1, 0.15) is 11.3 Å². The van der Waals surface area contributed by atoms with Crippen LogP contribution in [-0.4, -0.2) is 48.7 Å². The van der Waals surface area contributed by atoms with Crippen molar-refractivity contribution in [2.45, 2.75) is 39.7 Å². The SMILES string of the molecule is COc1cc(=O)n2c(c1C(=O)N1CCN(c3cc(C)ccc3C)CC1)CCCC2. The predicted octanol–water partition coefficient (Wildman–Crippen LogP) is 2.77. The third-order valence-electron chi connectivity index (χ3n) is 6.13. The van der Waals surface area contributed by atoms with Gasteiger partial charge in [0.15, 0.2) is 0 Å². The van der Waals surface area contributed by atoms with E-state index in [0.717, 1.165) is 38.0 Å². The van der Waals surface area contributed by atoms with E-state index < -0.39 is 0 Å². The molecule has 0 saturated carbocycles. The molecular formula is C23H29N3O3. The first-order chi connectivity index (χ1) is 14.0. The van der Waals surface area contributed by atoms with Crippen LogP contribution in [0.25, 0.3) is 0 Å². The second-order valence-corrected chi connectivity index (χ2v) is 8.05. The molecule has 4 rings (SSSR count). The van der Waals surface area contributed by atoms with Crippen molar-refractivity contribution in [2.24, 2.45) is 0 Å². The minimum absolute atomic E-state index is 0.0203. The van der Waals surface area contributed by atoms with Gasteiger partial charge in [-0.05, 0) is 50.3 Å². The van der Waals surface area contributed by atoms with Crippen LogP contribution in [0.1, 0.15) is 40.0 Å². The van der Waals surface area contributed by atoms with Crippen LogP contribution in [-0.2, 0) is 13.0 Å². The summed E-state index contributed by atoms with van der Waals surface area (Å²) in [5, 5.41) is 0. The smallest absolute Gasteiger partial charge is 0.259 e. The number of pyridine rings is 1. The second kappa shape index (κ2) is 7.93. The summed E-state index contributed by atoms with van der Waals surface area (Å²) in [6, 6.07) is 7.97. The first-order valence-electron chi connectivity index (χ1n) is 10.4. The zero-order valence-corrected chi connectivity index (χ0v) is 17.5. The second-order valence-electron chi connectivity index (χ2n) is 8.05. The number of hydrogen-bond donors (Lipinski definition) is 0. The molecule has 3 heterocycles. The van der Waals surface area contributed by atoms with Gasteiger partial charge in [-0.1, -0.05) is 12.1 Å². The van der Waals surface area contributed by atoms with Crippen LogP contribution in [0.3, 0.4) is 0 Å². The lowest BCUT2D eigenvalue weighted by atomic mass is 10.0. The maximum absolute atomic E-state index is 13.4. The summed E-state index contributed by atoms with van der Waals surface area (Å²) in [7, 11) is 1.53. The van der Waals surface area contributed by atoms with E-state index in [-0.39, 0.29) is 11.5 Å². The predicted molar refractivity (Wildman–Crippen MR) is 114 cm³/mol. The highest BCUT2D eigenvalue weighted by Gasteiger charge is 2.29. The fraction of sp³-hybridized carbons (Fsp3) is 0.478. The zero-order valence-electron chi connectivity index (χ0n) is 17.5. The molecule has 6 nitrogen and oxygen atoms in total. The van der Waals surface area contributed by atoms with E-state index in [0.29, 0.717) is 30.9 Å². The van der Waals surface area contributed by atoms with Crippen LogP contribution in [0.15, 0.2) is 29.1 Å². The highest BCUT2D eigenvalue weighted by atomic mass is 16.5. The summed E-state index contributed by atoms with van der Waals surface area (Å²) in [5.74, 6) is 0.387. The van der Waals surface area contributed by atoms with E-state index in [1.165, 1.54) is 30.0 Å². The maximum Gasteiger partial charge on any atom is 0.259 e. The molecule has 0 atom stereocenters. The number of amides is 1. The summed E-state index contributed by atoms with van der Waals surface area (Å²) in [4.78, 5) is 30.1. The molecular weight excluding hydrogens is 366 g/mol. The van der Waals surface area contributed by atoms with Crippen LogP contribution < -0.4 is 15.2 Å². The van der Waals surface area contributed by atoms with Gasteiger partial charge in [-0.15, -0.1) is 0 Å². The average Bonchev–Trinajstić information content (AvgIpc) is 2.75. The lowest BCUT2D eigenvalue weighted by Gasteiger charge is -2.37. The molecule has 1 saturated heterocycles. The zero-order chi connectivity index (χ0) is 20.5. The van der Waals surface area contributed by atoms with Crippen molar-refractivity contribution in [2.75, 3.05) is 38.2 Å². The molecule has 1 fully saturated rings. The Balaban J connectivity index is 1.58. The Morgan fingerprint density at radius 2 is 1.76 bits per heavy atom. The van der Waals surface area contributed by atoms with Gasteiger partial charge in [-0.3, -0.25) is 9.59 Å². The third-order valence-corrected chi connectivity index (χ3v) is 6.13. The van der Waals surface area contributed by atoms with E-state index in [1.54, 1.807) is 4.57 Å². The van der Waals surface area contributed by atoms with Crippen molar-refractivity contribution in [3.05, 3.63) is 57.0 Å². The van der Waals surface area contributed by atoms with Gasteiger partial charge >= 0.3 is 0 Å².